The molecule has 22 heavy (non-hydrogen) atoms. The maximum atomic E-state index is 12.4. The van der Waals surface area contributed by atoms with Gasteiger partial charge in [-0.3, -0.25) is 4.90 Å². The summed E-state index contributed by atoms with van der Waals surface area (Å²) < 4.78 is 10.3. The molecular formula is C16H27NO4S. The van der Waals surface area contributed by atoms with Crippen LogP contribution >= 0.6 is 11.8 Å². The van der Waals surface area contributed by atoms with Crippen molar-refractivity contribution in [1.29, 1.82) is 0 Å². The Hall–Kier alpha value is -0.910. The minimum absolute atomic E-state index is 0.291. The first-order chi connectivity index (χ1) is 10.3. The Morgan fingerprint density at radius 3 is 2.32 bits per heavy atom. The van der Waals surface area contributed by atoms with Crippen LogP contribution in [-0.2, 0) is 14.3 Å². The number of methoxy groups -OCH3 is 1. The Morgan fingerprint density at radius 1 is 1.14 bits per heavy atom. The maximum absolute atomic E-state index is 12.4. The van der Waals surface area contributed by atoms with Gasteiger partial charge in [-0.2, -0.15) is 11.8 Å². The number of thioether (sulfide) groups is 1. The molecular weight excluding hydrogens is 302 g/mol. The van der Waals surface area contributed by atoms with E-state index in [0.29, 0.717) is 23.5 Å². The Morgan fingerprint density at radius 2 is 1.77 bits per heavy atom. The largest absolute Gasteiger partial charge is 0.467 e. The van der Waals surface area contributed by atoms with Gasteiger partial charge in [0.05, 0.1) is 7.11 Å². The number of ether oxygens (including phenoxy) is 2. The smallest absolute Gasteiger partial charge is 0.411 e. The van der Waals surface area contributed by atoms with Crippen molar-refractivity contribution in [2.24, 2.45) is 0 Å². The number of carbonyl (C=O) groups excluding carboxylic acids is 2. The highest BCUT2D eigenvalue weighted by atomic mass is 32.2. The second-order valence-corrected chi connectivity index (χ2v) is 8.68. The van der Waals surface area contributed by atoms with Crippen molar-refractivity contribution < 1.29 is 19.1 Å². The minimum atomic E-state index is -0.561. The number of likely N-dealkylation sites (tertiary alicyclic amines) is 1. The molecule has 2 aliphatic rings. The average molecular weight is 329 g/mol. The van der Waals surface area contributed by atoms with E-state index in [1.807, 2.05) is 32.5 Å². The number of hydrogen-bond donors (Lipinski definition) is 0. The van der Waals surface area contributed by atoms with Crippen LogP contribution in [0.4, 0.5) is 4.79 Å². The van der Waals surface area contributed by atoms with Crippen LogP contribution in [0.5, 0.6) is 0 Å². The highest BCUT2D eigenvalue weighted by Gasteiger charge is 2.43. The van der Waals surface area contributed by atoms with Crippen molar-refractivity contribution in [3.05, 3.63) is 0 Å². The summed E-state index contributed by atoms with van der Waals surface area (Å²) >= 11 is 1.93. The average Bonchev–Trinajstić information content (AvgIpc) is 3.05. The molecule has 0 aromatic rings. The summed E-state index contributed by atoms with van der Waals surface area (Å²) in [4.78, 5) is 25.9. The molecule has 0 radical (unpaired) electrons. The van der Waals surface area contributed by atoms with Crippen LogP contribution in [-0.4, -0.2) is 52.8 Å². The molecule has 0 aromatic heterocycles. The van der Waals surface area contributed by atoms with Crippen LogP contribution in [0.3, 0.4) is 0 Å². The fourth-order valence-electron chi connectivity index (χ4n) is 3.07. The molecule has 0 spiro atoms. The zero-order valence-corrected chi connectivity index (χ0v) is 14.8. The van der Waals surface area contributed by atoms with E-state index in [4.69, 9.17) is 9.47 Å². The van der Waals surface area contributed by atoms with Crippen LogP contribution in [0.15, 0.2) is 0 Å². The van der Waals surface area contributed by atoms with E-state index in [1.165, 1.54) is 32.8 Å². The Balaban J connectivity index is 2.01. The molecule has 1 saturated heterocycles. The summed E-state index contributed by atoms with van der Waals surface area (Å²) in [6, 6.07) is -0.515. The zero-order chi connectivity index (χ0) is 16.3. The molecule has 2 atom stereocenters. The topological polar surface area (TPSA) is 55.8 Å². The molecule has 1 amide bonds. The molecule has 1 heterocycles. The molecule has 5 nitrogen and oxygen atoms in total. The summed E-state index contributed by atoms with van der Waals surface area (Å²) in [5.41, 5.74) is -0.561. The molecule has 0 aromatic carbocycles. The van der Waals surface area contributed by atoms with Crippen molar-refractivity contribution in [3.8, 4) is 0 Å². The van der Waals surface area contributed by atoms with Gasteiger partial charge in [0, 0.05) is 17.0 Å². The summed E-state index contributed by atoms with van der Waals surface area (Å²) in [6.45, 7) is 6.06. The van der Waals surface area contributed by atoms with E-state index in [2.05, 4.69) is 0 Å². The summed E-state index contributed by atoms with van der Waals surface area (Å²) in [7, 11) is 1.37. The van der Waals surface area contributed by atoms with E-state index < -0.39 is 17.7 Å². The van der Waals surface area contributed by atoms with Gasteiger partial charge in [0.2, 0.25) is 0 Å². The van der Waals surface area contributed by atoms with E-state index in [-0.39, 0.29) is 5.97 Å². The highest BCUT2D eigenvalue weighted by molar-refractivity contribution is 8.00. The van der Waals surface area contributed by atoms with Crippen LogP contribution in [0.2, 0.25) is 0 Å². The van der Waals surface area contributed by atoms with Gasteiger partial charge >= 0.3 is 12.1 Å². The van der Waals surface area contributed by atoms with Crippen molar-refractivity contribution in [2.75, 3.05) is 13.7 Å². The maximum Gasteiger partial charge on any atom is 0.411 e. The number of carbonyl (C=O) groups is 2. The predicted molar refractivity (Wildman–Crippen MR) is 87.0 cm³/mol. The molecule has 1 aliphatic carbocycles. The van der Waals surface area contributed by atoms with Crippen LogP contribution in [0, 0.1) is 0 Å². The minimum Gasteiger partial charge on any atom is -0.467 e. The number of rotatable bonds is 3. The van der Waals surface area contributed by atoms with Crippen LogP contribution in [0.1, 0.15) is 52.9 Å². The Labute approximate surface area is 137 Å². The quantitative estimate of drug-likeness (QED) is 0.744. The fraction of sp³-hybridized carbons (Fsp3) is 0.875. The third-order valence-corrected chi connectivity index (χ3v) is 5.63. The summed E-state index contributed by atoms with van der Waals surface area (Å²) in [6.07, 6.45) is 5.32. The first-order valence-electron chi connectivity index (χ1n) is 8.03. The molecule has 1 aliphatic heterocycles. The second kappa shape index (κ2) is 7.11. The third kappa shape index (κ3) is 4.54. The van der Waals surface area contributed by atoms with Crippen molar-refractivity contribution >= 4 is 23.8 Å². The van der Waals surface area contributed by atoms with Gasteiger partial charge in [0.15, 0.2) is 0 Å². The van der Waals surface area contributed by atoms with Gasteiger partial charge in [-0.05, 0) is 40.0 Å². The van der Waals surface area contributed by atoms with Crippen molar-refractivity contribution in [3.63, 3.8) is 0 Å². The van der Waals surface area contributed by atoms with Crippen LogP contribution < -0.4 is 0 Å². The van der Waals surface area contributed by atoms with Crippen LogP contribution in [0.25, 0.3) is 0 Å². The van der Waals surface area contributed by atoms with Gasteiger partial charge in [0.25, 0.3) is 0 Å². The monoisotopic (exact) mass is 329 g/mol. The number of esters is 1. The first-order valence-corrected chi connectivity index (χ1v) is 8.97. The Bertz CT molecular complexity index is 415. The highest BCUT2D eigenvalue weighted by Crippen LogP contribution is 2.37. The number of nitrogens with zero attached hydrogens (tertiary/aromatic N) is 1. The number of amides is 1. The lowest BCUT2D eigenvalue weighted by Gasteiger charge is -2.27. The van der Waals surface area contributed by atoms with E-state index in [9.17, 15) is 9.59 Å². The molecule has 1 unspecified atom stereocenters. The van der Waals surface area contributed by atoms with Gasteiger partial charge in [0.1, 0.15) is 11.6 Å². The van der Waals surface area contributed by atoms with Gasteiger partial charge < -0.3 is 9.47 Å². The molecule has 1 saturated carbocycles. The first kappa shape index (κ1) is 17.4. The molecule has 2 rings (SSSR count). The molecule has 6 heteroatoms. The van der Waals surface area contributed by atoms with Gasteiger partial charge in [-0.25, -0.2) is 9.59 Å². The normalized spacial score (nSPS) is 26.3. The number of hydrogen-bond acceptors (Lipinski definition) is 5. The lowest BCUT2D eigenvalue weighted by atomic mass is 10.2. The lowest BCUT2D eigenvalue weighted by molar-refractivity contribution is -0.145. The summed E-state index contributed by atoms with van der Waals surface area (Å²) in [5, 5.41) is 0.960. The molecule has 0 bridgehead atoms. The Kier molecular flexibility index (Phi) is 5.64. The van der Waals surface area contributed by atoms with E-state index in [1.54, 1.807) is 4.90 Å². The predicted octanol–water partition coefficient (Wildman–Crippen LogP) is 3.21. The molecule has 2 fully saturated rings. The summed E-state index contributed by atoms with van der Waals surface area (Å²) in [5.74, 6) is -0.347. The van der Waals surface area contributed by atoms with Crippen molar-refractivity contribution in [1.82, 2.24) is 4.90 Å². The van der Waals surface area contributed by atoms with Gasteiger partial charge in [-0.1, -0.05) is 12.8 Å². The van der Waals surface area contributed by atoms with Gasteiger partial charge in [-0.15, -0.1) is 0 Å². The van der Waals surface area contributed by atoms with E-state index in [0.717, 1.165) is 0 Å². The SMILES string of the molecule is COC(=O)[C@@H]1CC(SC2CCCC2)CN1C(=O)OC(C)(C)C. The third-order valence-electron chi connectivity index (χ3n) is 4.05. The fourth-order valence-corrected chi connectivity index (χ4v) is 4.76. The zero-order valence-electron chi connectivity index (χ0n) is 14.0. The second-order valence-electron chi connectivity index (χ2n) is 7.07. The molecule has 0 N–H and O–H groups in total. The lowest BCUT2D eigenvalue weighted by Crippen LogP contribution is -2.43. The molecule has 126 valence electrons. The van der Waals surface area contributed by atoms with E-state index >= 15 is 0 Å². The van der Waals surface area contributed by atoms with Crippen molar-refractivity contribution in [2.45, 2.75) is 75.0 Å². The standard InChI is InChI=1S/C16H27NO4S/c1-16(2,3)21-15(19)17-10-12(9-13(17)14(18)20-4)22-11-7-5-6-8-11/h11-13H,5-10H2,1-4H3/t12?,13-/m0/s1.